The summed E-state index contributed by atoms with van der Waals surface area (Å²) in [4.78, 5) is 0. The molecule has 3 heteroatoms. The van der Waals surface area contributed by atoms with Gasteiger partial charge in [0.1, 0.15) is 0 Å². The Bertz CT molecular complexity index is 560. The van der Waals surface area contributed by atoms with E-state index in [4.69, 9.17) is 17.3 Å². The molecule has 2 atom stereocenters. The van der Waals surface area contributed by atoms with Crippen LogP contribution in [0.5, 0.6) is 0 Å². The van der Waals surface area contributed by atoms with Crippen molar-refractivity contribution in [1.29, 1.82) is 0 Å². The average Bonchev–Trinajstić information content (AvgIpc) is 2.45. The molecule has 0 spiro atoms. The number of hydrogen-bond donors (Lipinski definition) is 1. The summed E-state index contributed by atoms with van der Waals surface area (Å²) in [6.07, 6.45) is 1.15. The van der Waals surface area contributed by atoms with E-state index in [2.05, 4.69) is 54.0 Å². The molecule has 0 saturated heterocycles. The summed E-state index contributed by atoms with van der Waals surface area (Å²) in [5, 5.41) is 0.695. The van der Waals surface area contributed by atoms with Crippen molar-refractivity contribution in [3.63, 3.8) is 0 Å². The lowest BCUT2D eigenvalue weighted by atomic mass is 9.94. The first-order valence-electron chi connectivity index (χ1n) is 6.82. The molecule has 0 amide bonds. The Labute approximate surface area is 134 Å². The molecule has 2 aromatic carbocycles. The van der Waals surface area contributed by atoms with Gasteiger partial charge in [-0.3, -0.25) is 0 Å². The monoisotopic (exact) mass is 351 g/mol. The highest BCUT2D eigenvalue weighted by atomic mass is 79.9. The molecule has 106 valence electrons. The van der Waals surface area contributed by atoms with E-state index >= 15 is 0 Å². The van der Waals surface area contributed by atoms with Crippen LogP contribution in [0.2, 0.25) is 5.02 Å². The standard InChI is InChI=1S/C17H19BrClN/c1-3-11(2)12-4-6-13(7-5-12)17(20)14-8-15(18)10-16(19)9-14/h4-11,17H,3,20H2,1-2H3. The van der Waals surface area contributed by atoms with Crippen LogP contribution >= 0.6 is 27.5 Å². The molecule has 0 heterocycles. The van der Waals surface area contributed by atoms with Gasteiger partial charge in [0.2, 0.25) is 0 Å². The smallest absolute Gasteiger partial charge is 0.0552 e. The molecule has 0 aromatic heterocycles. The molecule has 2 N–H and O–H groups in total. The van der Waals surface area contributed by atoms with E-state index in [1.807, 2.05) is 18.2 Å². The third kappa shape index (κ3) is 3.63. The quantitative estimate of drug-likeness (QED) is 0.754. The molecule has 1 nitrogen and oxygen atoms in total. The molecule has 0 aliphatic carbocycles. The van der Waals surface area contributed by atoms with Crippen LogP contribution in [0.25, 0.3) is 0 Å². The van der Waals surface area contributed by atoms with E-state index in [1.165, 1.54) is 5.56 Å². The second kappa shape index (κ2) is 6.75. The minimum atomic E-state index is -0.156. The molecule has 0 radical (unpaired) electrons. The van der Waals surface area contributed by atoms with Crippen LogP contribution in [0.1, 0.15) is 48.9 Å². The van der Waals surface area contributed by atoms with E-state index < -0.39 is 0 Å². The Morgan fingerprint density at radius 2 is 1.65 bits per heavy atom. The molecule has 0 bridgehead atoms. The van der Waals surface area contributed by atoms with Crippen molar-refractivity contribution < 1.29 is 0 Å². The number of halogens is 2. The predicted octanol–water partition coefficient (Wildman–Crippen LogP) is 5.66. The third-order valence-corrected chi connectivity index (χ3v) is 4.40. The van der Waals surface area contributed by atoms with Gasteiger partial charge in [-0.25, -0.2) is 0 Å². The zero-order chi connectivity index (χ0) is 14.7. The molecule has 0 aliphatic heterocycles. The first-order valence-corrected chi connectivity index (χ1v) is 7.99. The second-order valence-corrected chi connectivity index (χ2v) is 6.51. The number of nitrogens with two attached hydrogens (primary N) is 1. The summed E-state index contributed by atoms with van der Waals surface area (Å²) in [5.74, 6) is 0.584. The molecular formula is C17H19BrClN. The lowest BCUT2D eigenvalue weighted by molar-refractivity contribution is 0.732. The van der Waals surface area contributed by atoms with Gasteiger partial charge < -0.3 is 5.73 Å². The van der Waals surface area contributed by atoms with E-state index in [-0.39, 0.29) is 6.04 Å². The highest BCUT2D eigenvalue weighted by molar-refractivity contribution is 9.10. The van der Waals surface area contributed by atoms with Gasteiger partial charge in [-0.05, 0) is 47.2 Å². The highest BCUT2D eigenvalue weighted by Gasteiger charge is 2.11. The minimum Gasteiger partial charge on any atom is -0.320 e. The van der Waals surface area contributed by atoms with Crippen molar-refractivity contribution in [2.24, 2.45) is 5.73 Å². The Morgan fingerprint density at radius 3 is 2.20 bits per heavy atom. The van der Waals surface area contributed by atoms with Crippen molar-refractivity contribution in [2.45, 2.75) is 32.2 Å². The fourth-order valence-electron chi connectivity index (χ4n) is 2.21. The van der Waals surface area contributed by atoms with Crippen molar-refractivity contribution >= 4 is 27.5 Å². The summed E-state index contributed by atoms with van der Waals surface area (Å²) in [6, 6.07) is 14.2. The van der Waals surface area contributed by atoms with Gasteiger partial charge in [-0.2, -0.15) is 0 Å². The summed E-state index contributed by atoms with van der Waals surface area (Å²) >= 11 is 9.54. The molecule has 2 aromatic rings. The van der Waals surface area contributed by atoms with E-state index in [0.717, 1.165) is 22.0 Å². The normalized spacial score (nSPS) is 14.1. The van der Waals surface area contributed by atoms with Crippen LogP contribution in [-0.4, -0.2) is 0 Å². The Morgan fingerprint density at radius 1 is 1.05 bits per heavy atom. The Kier molecular flexibility index (Phi) is 5.25. The first kappa shape index (κ1) is 15.6. The first-order chi connectivity index (χ1) is 9.51. The van der Waals surface area contributed by atoms with Gasteiger partial charge in [0.15, 0.2) is 0 Å². The zero-order valence-electron chi connectivity index (χ0n) is 11.7. The SMILES string of the molecule is CCC(C)c1ccc(C(N)c2cc(Cl)cc(Br)c2)cc1. The molecule has 0 aliphatic rings. The van der Waals surface area contributed by atoms with Crippen molar-refractivity contribution in [2.75, 3.05) is 0 Å². The van der Waals surface area contributed by atoms with Crippen LogP contribution < -0.4 is 5.73 Å². The molecule has 20 heavy (non-hydrogen) atoms. The molecule has 2 unspecified atom stereocenters. The van der Waals surface area contributed by atoms with Gasteiger partial charge in [0, 0.05) is 9.50 Å². The van der Waals surface area contributed by atoms with Gasteiger partial charge in [0.25, 0.3) is 0 Å². The van der Waals surface area contributed by atoms with Gasteiger partial charge in [-0.1, -0.05) is 65.6 Å². The van der Waals surface area contributed by atoms with Crippen LogP contribution in [0, 0.1) is 0 Å². The summed E-state index contributed by atoms with van der Waals surface area (Å²) in [6.45, 7) is 4.44. The topological polar surface area (TPSA) is 26.0 Å². The second-order valence-electron chi connectivity index (χ2n) is 5.16. The van der Waals surface area contributed by atoms with Crippen molar-refractivity contribution in [1.82, 2.24) is 0 Å². The van der Waals surface area contributed by atoms with Gasteiger partial charge >= 0.3 is 0 Å². The summed E-state index contributed by atoms with van der Waals surface area (Å²) in [5.41, 5.74) is 9.81. The average molecular weight is 353 g/mol. The largest absolute Gasteiger partial charge is 0.320 e. The van der Waals surface area contributed by atoms with Gasteiger partial charge in [-0.15, -0.1) is 0 Å². The fraction of sp³-hybridized carbons (Fsp3) is 0.294. The third-order valence-electron chi connectivity index (χ3n) is 3.72. The van der Waals surface area contributed by atoms with E-state index in [9.17, 15) is 0 Å². The number of hydrogen-bond acceptors (Lipinski definition) is 1. The predicted molar refractivity (Wildman–Crippen MR) is 90.3 cm³/mol. The maximum Gasteiger partial charge on any atom is 0.0552 e. The molecule has 0 saturated carbocycles. The molecule has 0 fully saturated rings. The lowest BCUT2D eigenvalue weighted by Crippen LogP contribution is -2.12. The fourth-order valence-corrected chi connectivity index (χ4v) is 3.10. The summed E-state index contributed by atoms with van der Waals surface area (Å²) in [7, 11) is 0. The van der Waals surface area contributed by atoms with Crippen molar-refractivity contribution in [3.05, 3.63) is 68.7 Å². The lowest BCUT2D eigenvalue weighted by Gasteiger charge is -2.15. The number of benzene rings is 2. The van der Waals surface area contributed by atoms with Crippen LogP contribution in [0.15, 0.2) is 46.9 Å². The number of rotatable bonds is 4. The maximum atomic E-state index is 6.33. The minimum absolute atomic E-state index is 0.156. The zero-order valence-corrected chi connectivity index (χ0v) is 14.1. The van der Waals surface area contributed by atoms with E-state index in [0.29, 0.717) is 10.9 Å². The molecular weight excluding hydrogens is 334 g/mol. The highest BCUT2D eigenvalue weighted by Crippen LogP contribution is 2.27. The molecule has 2 rings (SSSR count). The summed E-state index contributed by atoms with van der Waals surface area (Å²) < 4.78 is 0.951. The van der Waals surface area contributed by atoms with Crippen LogP contribution in [0.3, 0.4) is 0 Å². The van der Waals surface area contributed by atoms with Gasteiger partial charge in [0.05, 0.1) is 6.04 Å². The Balaban J connectivity index is 2.26. The van der Waals surface area contributed by atoms with Crippen molar-refractivity contribution in [3.8, 4) is 0 Å². The van der Waals surface area contributed by atoms with E-state index in [1.54, 1.807) is 0 Å². The maximum absolute atomic E-state index is 6.33. The van der Waals surface area contributed by atoms with Crippen LogP contribution in [0.4, 0.5) is 0 Å². The Hall–Kier alpha value is -0.830. The van der Waals surface area contributed by atoms with Crippen LogP contribution in [-0.2, 0) is 0 Å².